The predicted molar refractivity (Wildman–Crippen MR) is 84.8 cm³/mol. The van der Waals surface area contributed by atoms with Crippen molar-refractivity contribution >= 4 is 16.0 Å². The molecular formula is C16H17NO5S. The fourth-order valence-corrected chi connectivity index (χ4v) is 3.24. The number of benzene rings is 2. The van der Waals surface area contributed by atoms with E-state index >= 15 is 0 Å². The van der Waals surface area contributed by atoms with Gasteiger partial charge in [0.2, 0.25) is 10.0 Å². The van der Waals surface area contributed by atoms with Gasteiger partial charge in [-0.2, -0.15) is 4.72 Å². The Morgan fingerprint density at radius 3 is 2.48 bits per heavy atom. The molecule has 0 aromatic heterocycles. The van der Waals surface area contributed by atoms with E-state index in [-0.39, 0.29) is 4.90 Å². The Hall–Kier alpha value is -2.38. The first-order valence-electron chi connectivity index (χ1n) is 6.97. The summed E-state index contributed by atoms with van der Waals surface area (Å²) in [4.78, 5) is 11.4. The van der Waals surface area contributed by atoms with Gasteiger partial charge in [0.25, 0.3) is 0 Å². The zero-order valence-corrected chi connectivity index (χ0v) is 13.3. The molecule has 0 radical (unpaired) electrons. The van der Waals surface area contributed by atoms with Crippen molar-refractivity contribution in [2.45, 2.75) is 17.9 Å². The summed E-state index contributed by atoms with van der Waals surface area (Å²) >= 11 is 0. The van der Waals surface area contributed by atoms with E-state index in [1.807, 2.05) is 0 Å². The lowest BCUT2D eigenvalue weighted by Gasteiger charge is -2.15. The smallest absolute Gasteiger partial charge is 0.326 e. The first kappa shape index (κ1) is 17.0. The largest absolute Gasteiger partial charge is 0.494 e. The number of hydrogen-bond donors (Lipinski definition) is 2. The lowest BCUT2D eigenvalue weighted by atomic mass is 10.1. The van der Waals surface area contributed by atoms with Gasteiger partial charge < -0.3 is 9.84 Å². The maximum atomic E-state index is 12.4. The van der Waals surface area contributed by atoms with Crippen molar-refractivity contribution in [1.29, 1.82) is 0 Å². The maximum absolute atomic E-state index is 12.4. The van der Waals surface area contributed by atoms with E-state index in [0.29, 0.717) is 17.9 Å². The normalized spacial score (nSPS) is 12.6. The third-order valence-corrected chi connectivity index (χ3v) is 4.50. The SMILES string of the molecule is CCOc1cccc(S(=O)(=O)NC(C(=O)O)c2ccccc2)c1. The third kappa shape index (κ3) is 4.30. The summed E-state index contributed by atoms with van der Waals surface area (Å²) in [6.07, 6.45) is 0. The van der Waals surface area contributed by atoms with Crippen LogP contribution in [0.1, 0.15) is 18.5 Å². The Morgan fingerprint density at radius 2 is 1.87 bits per heavy atom. The Balaban J connectivity index is 2.32. The number of aliphatic carboxylic acids is 1. The number of rotatable bonds is 7. The third-order valence-electron chi connectivity index (χ3n) is 3.08. The Morgan fingerprint density at radius 1 is 1.17 bits per heavy atom. The molecule has 0 amide bonds. The number of sulfonamides is 1. The second kappa shape index (κ2) is 7.26. The minimum Gasteiger partial charge on any atom is -0.494 e. The van der Waals surface area contributed by atoms with Crippen LogP contribution in [0.3, 0.4) is 0 Å². The number of carboxylic acids is 1. The molecule has 0 saturated heterocycles. The quantitative estimate of drug-likeness (QED) is 0.809. The van der Waals surface area contributed by atoms with Crippen LogP contribution in [0.2, 0.25) is 0 Å². The summed E-state index contributed by atoms with van der Waals surface area (Å²) in [5, 5.41) is 9.32. The summed E-state index contributed by atoms with van der Waals surface area (Å²) in [7, 11) is -4.00. The van der Waals surface area contributed by atoms with E-state index in [2.05, 4.69) is 4.72 Å². The molecule has 0 bridgehead atoms. The fourth-order valence-electron chi connectivity index (χ4n) is 2.03. The topological polar surface area (TPSA) is 92.7 Å². The molecule has 2 N–H and O–H groups in total. The van der Waals surface area contributed by atoms with Crippen LogP contribution in [0.25, 0.3) is 0 Å². The molecule has 0 aliphatic rings. The molecule has 7 heteroatoms. The van der Waals surface area contributed by atoms with Crippen LogP contribution in [0, 0.1) is 0 Å². The first-order chi connectivity index (χ1) is 10.9. The van der Waals surface area contributed by atoms with Crippen LogP contribution < -0.4 is 9.46 Å². The van der Waals surface area contributed by atoms with Crippen molar-refractivity contribution in [2.75, 3.05) is 6.61 Å². The molecule has 2 aromatic carbocycles. The number of ether oxygens (including phenoxy) is 1. The van der Waals surface area contributed by atoms with Gasteiger partial charge in [0, 0.05) is 6.07 Å². The first-order valence-corrected chi connectivity index (χ1v) is 8.45. The standard InChI is InChI=1S/C16H17NO5S/c1-2-22-13-9-6-10-14(11-13)23(20,21)17-15(16(18)19)12-7-4-3-5-8-12/h3-11,15,17H,2H2,1H3,(H,18,19). The highest BCUT2D eigenvalue weighted by atomic mass is 32.2. The van der Waals surface area contributed by atoms with Crippen LogP contribution in [-0.4, -0.2) is 26.1 Å². The van der Waals surface area contributed by atoms with Gasteiger partial charge in [-0.25, -0.2) is 8.42 Å². The van der Waals surface area contributed by atoms with Crippen LogP contribution in [0.15, 0.2) is 59.5 Å². The molecule has 1 unspecified atom stereocenters. The van der Waals surface area contributed by atoms with Gasteiger partial charge in [-0.3, -0.25) is 4.79 Å². The van der Waals surface area contributed by atoms with Gasteiger partial charge in [-0.1, -0.05) is 36.4 Å². The lowest BCUT2D eigenvalue weighted by molar-refractivity contribution is -0.139. The van der Waals surface area contributed by atoms with E-state index in [1.165, 1.54) is 18.2 Å². The molecule has 23 heavy (non-hydrogen) atoms. The van der Waals surface area contributed by atoms with Gasteiger partial charge >= 0.3 is 5.97 Å². The number of nitrogens with one attached hydrogen (secondary N) is 1. The zero-order chi connectivity index (χ0) is 16.9. The average Bonchev–Trinajstić information content (AvgIpc) is 2.54. The summed E-state index contributed by atoms with van der Waals surface area (Å²) in [5.41, 5.74) is 0.351. The van der Waals surface area contributed by atoms with Crippen molar-refractivity contribution in [3.63, 3.8) is 0 Å². The van der Waals surface area contributed by atoms with E-state index in [4.69, 9.17) is 4.74 Å². The highest BCUT2D eigenvalue weighted by Gasteiger charge is 2.27. The molecule has 0 fully saturated rings. The van der Waals surface area contributed by atoms with E-state index < -0.39 is 22.0 Å². The Bertz CT molecular complexity index is 774. The van der Waals surface area contributed by atoms with Crippen molar-refractivity contribution in [3.8, 4) is 5.75 Å². The summed E-state index contributed by atoms with van der Waals surface area (Å²) in [6, 6.07) is 12.7. The van der Waals surface area contributed by atoms with Gasteiger partial charge in [0.15, 0.2) is 0 Å². The Kier molecular flexibility index (Phi) is 5.36. The Labute approximate surface area is 134 Å². The molecule has 2 aromatic rings. The molecule has 0 saturated carbocycles. The summed E-state index contributed by atoms with van der Waals surface area (Å²) < 4.78 is 32.4. The van der Waals surface area contributed by atoms with Crippen LogP contribution in [0.4, 0.5) is 0 Å². The number of carboxylic acid groups (broad SMARTS) is 1. The molecular weight excluding hydrogens is 318 g/mol. The summed E-state index contributed by atoms with van der Waals surface area (Å²) in [6.45, 7) is 2.19. The molecule has 0 aliphatic heterocycles. The highest BCUT2D eigenvalue weighted by molar-refractivity contribution is 7.89. The fraction of sp³-hybridized carbons (Fsp3) is 0.188. The second-order valence-corrected chi connectivity index (χ2v) is 6.43. The molecule has 0 aliphatic carbocycles. The predicted octanol–water partition coefficient (Wildman–Crippen LogP) is 2.19. The van der Waals surface area contributed by atoms with Crippen LogP contribution in [-0.2, 0) is 14.8 Å². The summed E-state index contributed by atoms with van der Waals surface area (Å²) in [5.74, 6) is -0.873. The van der Waals surface area contributed by atoms with E-state index in [1.54, 1.807) is 43.3 Å². The van der Waals surface area contributed by atoms with Gasteiger partial charge in [-0.15, -0.1) is 0 Å². The van der Waals surface area contributed by atoms with Crippen LogP contribution >= 0.6 is 0 Å². The van der Waals surface area contributed by atoms with Gasteiger partial charge in [0.05, 0.1) is 11.5 Å². The molecule has 6 nitrogen and oxygen atoms in total. The minimum absolute atomic E-state index is 0.0503. The molecule has 0 heterocycles. The van der Waals surface area contributed by atoms with Crippen molar-refractivity contribution < 1.29 is 23.1 Å². The van der Waals surface area contributed by atoms with Crippen molar-refractivity contribution in [3.05, 3.63) is 60.2 Å². The maximum Gasteiger partial charge on any atom is 0.326 e. The van der Waals surface area contributed by atoms with Gasteiger partial charge in [0.1, 0.15) is 11.8 Å². The minimum atomic E-state index is -4.00. The molecule has 1 atom stereocenters. The van der Waals surface area contributed by atoms with Crippen molar-refractivity contribution in [2.24, 2.45) is 0 Å². The van der Waals surface area contributed by atoms with Gasteiger partial charge in [-0.05, 0) is 24.6 Å². The highest BCUT2D eigenvalue weighted by Crippen LogP contribution is 2.21. The lowest BCUT2D eigenvalue weighted by Crippen LogP contribution is -2.33. The molecule has 122 valence electrons. The van der Waals surface area contributed by atoms with Crippen LogP contribution in [0.5, 0.6) is 5.75 Å². The van der Waals surface area contributed by atoms with Crippen molar-refractivity contribution in [1.82, 2.24) is 4.72 Å². The second-order valence-electron chi connectivity index (χ2n) is 4.71. The zero-order valence-electron chi connectivity index (χ0n) is 12.5. The molecule has 2 rings (SSSR count). The number of carbonyl (C=O) groups is 1. The van der Waals surface area contributed by atoms with E-state index in [0.717, 1.165) is 0 Å². The number of hydrogen-bond acceptors (Lipinski definition) is 4. The monoisotopic (exact) mass is 335 g/mol. The van der Waals surface area contributed by atoms with E-state index in [9.17, 15) is 18.3 Å². The average molecular weight is 335 g/mol. The molecule has 0 spiro atoms.